The van der Waals surface area contributed by atoms with Crippen LogP contribution in [-0.4, -0.2) is 31.7 Å². The molecule has 2 heterocycles. The fraction of sp³-hybridized carbons (Fsp3) is 0.286. The fourth-order valence-electron chi connectivity index (χ4n) is 2.22. The number of fused-ring (bicyclic) bond motifs is 1. The Kier molecular flexibility index (Phi) is 3.77. The van der Waals surface area contributed by atoms with Gasteiger partial charge in [-0.3, -0.25) is 9.52 Å². The van der Waals surface area contributed by atoms with Crippen LogP contribution in [0.5, 0.6) is 5.75 Å². The van der Waals surface area contributed by atoms with E-state index in [0.717, 1.165) is 16.7 Å². The summed E-state index contributed by atoms with van der Waals surface area (Å²) in [6.07, 6.45) is 0.552. The van der Waals surface area contributed by atoms with Crippen molar-refractivity contribution in [2.45, 2.75) is 20.0 Å². The molecular weight excluding hydrogens is 338 g/mol. The smallest absolute Gasteiger partial charge is 0.265 e. The van der Waals surface area contributed by atoms with Gasteiger partial charge < -0.3 is 10.1 Å². The number of nitrogens with zero attached hydrogens (tertiary/aromatic N) is 1. The van der Waals surface area contributed by atoms with Crippen LogP contribution in [0.15, 0.2) is 18.2 Å². The Morgan fingerprint density at radius 2 is 2.13 bits per heavy atom. The van der Waals surface area contributed by atoms with Gasteiger partial charge in [0.05, 0.1) is 17.6 Å². The highest BCUT2D eigenvalue weighted by Gasteiger charge is 2.24. The minimum absolute atomic E-state index is 0.205. The Morgan fingerprint density at radius 1 is 1.39 bits per heavy atom. The van der Waals surface area contributed by atoms with Gasteiger partial charge in [0, 0.05) is 10.4 Å². The molecule has 2 N–H and O–H groups in total. The average molecular weight is 353 g/mol. The van der Waals surface area contributed by atoms with Gasteiger partial charge in [-0.25, -0.2) is 13.4 Å². The second kappa shape index (κ2) is 5.50. The van der Waals surface area contributed by atoms with Crippen molar-refractivity contribution in [2.75, 3.05) is 16.3 Å². The molecule has 0 saturated heterocycles. The number of rotatable bonds is 3. The zero-order valence-corrected chi connectivity index (χ0v) is 14.3. The van der Waals surface area contributed by atoms with Gasteiger partial charge in [-0.15, -0.1) is 11.3 Å². The molecule has 0 bridgehead atoms. The van der Waals surface area contributed by atoms with Crippen molar-refractivity contribution in [3.05, 3.63) is 23.1 Å². The molecule has 2 aromatic rings. The van der Waals surface area contributed by atoms with Crippen molar-refractivity contribution in [1.82, 2.24) is 4.98 Å². The van der Waals surface area contributed by atoms with Crippen LogP contribution >= 0.6 is 11.3 Å². The van der Waals surface area contributed by atoms with E-state index in [1.165, 1.54) is 11.3 Å². The van der Waals surface area contributed by atoms with Gasteiger partial charge in [0.25, 0.3) is 5.91 Å². The highest BCUT2D eigenvalue weighted by molar-refractivity contribution is 7.92. The predicted molar refractivity (Wildman–Crippen MR) is 89.5 cm³/mol. The van der Waals surface area contributed by atoms with Gasteiger partial charge in [-0.1, -0.05) is 0 Å². The van der Waals surface area contributed by atoms with E-state index in [0.29, 0.717) is 22.3 Å². The Morgan fingerprint density at radius 3 is 2.83 bits per heavy atom. The number of aryl methyl sites for hydroxylation is 1. The predicted octanol–water partition coefficient (Wildman–Crippen LogP) is 2.21. The number of thiazole rings is 1. The van der Waals surface area contributed by atoms with Crippen LogP contribution in [0, 0.1) is 6.92 Å². The fourth-order valence-corrected chi connectivity index (χ4v) is 3.89. The van der Waals surface area contributed by atoms with Crippen molar-refractivity contribution in [3.8, 4) is 17.0 Å². The van der Waals surface area contributed by atoms with Gasteiger partial charge in [0.15, 0.2) is 11.2 Å². The lowest BCUT2D eigenvalue weighted by molar-refractivity contribution is -0.122. The summed E-state index contributed by atoms with van der Waals surface area (Å²) >= 11 is 1.25. The summed E-state index contributed by atoms with van der Waals surface area (Å²) < 4.78 is 30.5. The molecule has 9 heteroatoms. The van der Waals surface area contributed by atoms with Crippen molar-refractivity contribution < 1.29 is 17.9 Å². The Hall–Kier alpha value is -2.13. The molecule has 1 aromatic carbocycles. The molecule has 7 nitrogen and oxygen atoms in total. The number of hydrogen-bond donors (Lipinski definition) is 2. The number of hydrogen-bond acceptors (Lipinski definition) is 6. The van der Waals surface area contributed by atoms with E-state index >= 15 is 0 Å². The van der Waals surface area contributed by atoms with Crippen molar-refractivity contribution in [3.63, 3.8) is 0 Å². The molecule has 0 saturated carbocycles. The number of carbonyl (C=O) groups is 1. The lowest BCUT2D eigenvalue weighted by atomic mass is 10.1. The number of amides is 1. The first-order valence-corrected chi connectivity index (χ1v) is 9.51. The SMILES string of the molecule is Cc1sc(NS(C)(=O)=O)nc1-c1ccc2c(c1)NC(=O)[C@@H](C)O2. The van der Waals surface area contributed by atoms with Gasteiger partial charge in [0.2, 0.25) is 10.0 Å². The molecule has 1 aliphatic rings. The zero-order chi connectivity index (χ0) is 16.8. The largest absolute Gasteiger partial charge is 0.479 e. The van der Waals surface area contributed by atoms with Crippen molar-refractivity contribution in [1.29, 1.82) is 0 Å². The summed E-state index contributed by atoms with van der Waals surface area (Å²) in [6.45, 7) is 3.54. The van der Waals surface area contributed by atoms with Crippen LogP contribution in [0.2, 0.25) is 0 Å². The number of carbonyl (C=O) groups excluding carboxylic acids is 1. The summed E-state index contributed by atoms with van der Waals surface area (Å²) in [6, 6.07) is 5.36. The van der Waals surface area contributed by atoms with Crippen LogP contribution in [0.1, 0.15) is 11.8 Å². The maximum absolute atomic E-state index is 11.7. The first kappa shape index (κ1) is 15.8. The third-order valence-corrected chi connectivity index (χ3v) is 4.83. The third-order valence-electron chi connectivity index (χ3n) is 3.25. The van der Waals surface area contributed by atoms with Gasteiger partial charge in [-0.2, -0.15) is 0 Å². The van der Waals surface area contributed by atoms with Crippen molar-refractivity contribution >= 4 is 38.1 Å². The Labute approximate surface area is 137 Å². The monoisotopic (exact) mass is 353 g/mol. The molecule has 23 heavy (non-hydrogen) atoms. The average Bonchev–Trinajstić information content (AvgIpc) is 2.78. The second-order valence-electron chi connectivity index (χ2n) is 5.26. The number of aromatic nitrogens is 1. The zero-order valence-electron chi connectivity index (χ0n) is 12.7. The standard InChI is InChI=1S/C14H15N3O4S2/c1-7-13(18)15-10-6-9(4-5-11(10)21-7)12-8(2)22-14(16-12)17-23(3,19)20/h4-7H,1-3H3,(H,15,18)(H,16,17)/t7-/m1/s1. The third kappa shape index (κ3) is 3.30. The Balaban J connectivity index is 1.97. The van der Waals surface area contributed by atoms with Gasteiger partial charge >= 0.3 is 0 Å². The molecule has 0 radical (unpaired) electrons. The normalized spacial score (nSPS) is 17.2. The highest BCUT2D eigenvalue weighted by atomic mass is 32.2. The van der Waals surface area contributed by atoms with Crippen LogP contribution in [0.25, 0.3) is 11.3 Å². The molecule has 0 spiro atoms. The topological polar surface area (TPSA) is 97.4 Å². The number of sulfonamides is 1. The van der Waals surface area contributed by atoms with E-state index in [-0.39, 0.29) is 5.91 Å². The summed E-state index contributed by atoms with van der Waals surface area (Å²) in [5.74, 6) is 0.396. The minimum atomic E-state index is -3.37. The summed E-state index contributed by atoms with van der Waals surface area (Å²) in [5.41, 5.74) is 2.02. The van der Waals surface area contributed by atoms with Crippen molar-refractivity contribution in [2.24, 2.45) is 0 Å². The summed E-state index contributed by atoms with van der Waals surface area (Å²) in [7, 11) is -3.37. The molecular formula is C14H15N3O4S2. The number of nitrogens with one attached hydrogen (secondary N) is 2. The van der Waals surface area contributed by atoms with Gasteiger partial charge in [-0.05, 0) is 32.0 Å². The lowest BCUT2D eigenvalue weighted by Gasteiger charge is -2.23. The van der Waals surface area contributed by atoms with Crippen LogP contribution < -0.4 is 14.8 Å². The second-order valence-corrected chi connectivity index (χ2v) is 8.21. The molecule has 3 rings (SSSR count). The highest BCUT2D eigenvalue weighted by Crippen LogP contribution is 2.37. The lowest BCUT2D eigenvalue weighted by Crippen LogP contribution is -2.34. The minimum Gasteiger partial charge on any atom is -0.479 e. The maximum atomic E-state index is 11.7. The van der Waals surface area contributed by atoms with E-state index in [1.807, 2.05) is 13.0 Å². The molecule has 0 unspecified atom stereocenters. The summed E-state index contributed by atoms with van der Waals surface area (Å²) in [5, 5.41) is 3.10. The molecule has 1 amide bonds. The molecule has 0 fully saturated rings. The van der Waals surface area contributed by atoms with E-state index < -0.39 is 16.1 Å². The van der Waals surface area contributed by atoms with Gasteiger partial charge in [0.1, 0.15) is 5.75 Å². The van der Waals surface area contributed by atoms with E-state index in [4.69, 9.17) is 4.74 Å². The Bertz CT molecular complexity index is 889. The number of ether oxygens (including phenoxy) is 1. The molecule has 1 atom stereocenters. The molecule has 1 aliphatic heterocycles. The van der Waals surface area contributed by atoms with Crippen LogP contribution in [0.4, 0.5) is 10.8 Å². The number of anilines is 2. The van der Waals surface area contributed by atoms with E-state index in [1.54, 1.807) is 19.1 Å². The molecule has 0 aliphatic carbocycles. The summed E-state index contributed by atoms with van der Waals surface area (Å²) in [4.78, 5) is 16.9. The van der Waals surface area contributed by atoms with E-state index in [2.05, 4.69) is 15.0 Å². The van der Waals surface area contributed by atoms with Crippen LogP contribution in [-0.2, 0) is 14.8 Å². The maximum Gasteiger partial charge on any atom is 0.265 e. The quantitative estimate of drug-likeness (QED) is 0.882. The first-order chi connectivity index (χ1) is 10.7. The van der Waals surface area contributed by atoms with Crippen LogP contribution in [0.3, 0.4) is 0 Å². The van der Waals surface area contributed by atoms with E-state index in [9.17, 15) is 13.2 Å². The molecule has 1 aromatic heterocycles. The molecule has 122 valence electrons. The first-order valence-electron chi connectivity index (χ1n) is 6.80. The number of benzene rings is 1.